The smallest absolute Gasteiger partial charge is 0.180 e. The number of benzene rings is 1. The highest BCUT2D eigenvalue weighted by atomic mass is 19.1. The second kappa shape index (κ2) is 8.37. The summed E-state index contributed by atoms with van der Waals surface area (Å²) in [6, 6.07) is 8.59. The molecule has 0 saturated carbocycles. The summed E-state index contributed by atoms with van der Waals surface area (Å²) in [6.07, 6.45) is 11.2. The molecule has 1 atom stereocenters. The van der Waals surface area contributed by atoms with Crippen LogP contribution in [0.1, 0.15) is 47.2 Å². The number of hydrogen-bond donors (Lipinski definition) is 0. The molecule has 1 aliphatic rings. The number of methoxy groups -OCH3 is 1. The highest BCUT2D eigenvalue weighted by molar-refractivity contribution is 5.67. The normalized spacial score (nSPS) is 15.8. The van der Waals surface area contributed by atoms with E-state index >= 15 is 0 Å². The van der Waals surface area contributed by atoms with E-state index in [-0.39, 0.29) is 11.7 Å². The third-order valence-corrected chi connectivity index (χ3v) is 5.62. The summed E-state index contributed by atoms with van der Waals surface area (Å²) in [6.45, 7) is 2.76. The number of fused-ring (bicyclic) bond motifs is 1. The van der Waals surface area contributed by atoms with Crippen LogP contribution in [0.4, 0.5) is 4.39 Å². The average molecular weight is 430 g/mol. The summed E-state index contributed by atoms with van der Waals surface area (Å²) in [5.41, 5.74) is 2.85. The lowest BCUT2D eigenvalue weighted by Gasteiger charge is -2.22. The lowest BCUT2D eigenvalue weighted by molar-refractivity contribution is 0.410. The first kappa shape index (κ1) is 20.1. The van der Waals surface area contributed by atoms with Crippen molar-refractivity contribution in [3.8, 4) is 11.6 Å². The largest absolute Gasteiger partial charge is 0.493 e. The Bertz CT molecular complexity index is 1270. The van der Waals surface area contributed by atoms with Gasteiger partial charge in [-0.3, -0.25) is 4.57 Å². The van der Waals surface area contributed by atoms with E-state index in [1.165, 1.54) is 12.1 Å². The maximum Gasteiger partial charge on any atom is 0.180 e. The number of aromatic nitrogens is 6. The zero-order valence-electron chi connectivity index (χ0n) is 17.9. The Morgan fingerprint density at radius 3 is 2.75 bits per heavy atom. The Hall–Kier alpha value is -3.81. The summed E-state index contributed by atoms with van der Waals surface area (Å²) < 4.78 is 22.7. The van der Waals surface area contributed by atoms with E-state index in [1.54, 1.807) is 19.6 Å². The Labute approximate surface area is 185 Å². The number of aryl methyl sites for hydroxylation is 2. The van der Waals surface area contributed by atoms with E-state index in [1.807, 2.05) is 52.7 Å². The van der Waals surface area contributed by atoms with Crippen LogP contribution < -0.4 is 4.74 Å². The van der Waals surface area contributed by atoms with E-state index in [9.17, 15) is 4.39 Å². The molecule has 0 saturated heterocycles. The van der Waals surface area contributed by atoms with Crippen LogP contribution in [-0.2, 0) is 6.54 Å². The van der Waals surface area contributed by atoms with Crippen molar-refractivity contribution in [2.75, 3.05) is 7.11 Å². The van der Waals surface area contributed by atoms with Gasteiger partial charge in [0, 0.05) is 24.9 Å². The number of ether oxygens (including phenoxy) is 1. The number of halogens is 1. The zero-order chi connectivity index (χ0) is 22.1. The fourth-order valence-electron chi connectivity index (χ4n) is 4.05. The summed E-state index contributed by atoms with van der Waals surface area (Å²) in [4.78, 5) is 13.6. The third-order valence-electron chi connectivity index (χ3n) is 5.62. The van der Waals surface area contributed by atoms with Crippen molar-refractivity contribution in [2.45, 2.75) is 32.2 Å². The topological polar surface area (TPSA) is 70.7 Å². The molecule has 0 radical (unpaired) electrons. The van der Waals surface area contributed by atoms with Gasteiger partial charge >= 0.3 is 0 Å². The minimum Gasteiger partial charge on any atom is -0.493 e. The van der Waals surface area contributed by atoms with Gasteiger partial charge in [-0.05, 0) is 61.2 Å². The first-order valence-corrected chi connectivity index (χ1v) is 10.5. The molecule has 1 aromatic carbocycles. The highest BCUT2D eigenvalue weighted by Gasteiger charge is 2.25. The van der Waals surface area contributed by atoms with Crippen LogP contribution in [0.5, 0.6) is 5.75 Å². The van der Waals surface area contributed by atoms with Gasteiger partial charge in [-0.25, -0.2) is 24.0 Å². The Morgan fingerprint density at radius 1 is 1.16 bits per heavy atom. The summed E-state index contributed by atoms with van der Waals surface area (Å²) >= 11 is 0. The summed E-state index contributed by atoms with van der Waals surface area (Å²) in [7, 11) is 1.62. The van der Waals surface area contributed by atoms with E-state index in [0.717, 1.165) is 42.0 Å². The van der Waals surface area contributed by atoms with E-state index in [2.05, 4.69) is 15.1 Å². The molecule has 0 N–H and O–H groups in total. The van der Waals surface area contributed by atoms with Gasteiger partial charge in [0.25, 0.3) is 0 Å². The van der Waals surface area contributed by atoms with Crippen molar-refractivity contribution in [3.05, 3.63) is 83.3 Å². The molecule has 162 valence electrons. The first-order chi connectivity index (χ1) is 15.6. The molecule has 0 aliphatic carbocycles. The molecule has 5 rings (SSSR count). The van der Waals surface area contributed by atoms with Gasteiger partial charge in [0.15, 0.2) is 17.4 Å². The fourth-order valence-corrected chi connectivity index (χ4v) is 4.05. The maximum absolute atomic E-state index is 13.3. The van der Waals surface area contributed by atoms with E-state index in [0.29, 0.717) is 17.4 Å². The molecule has 0 unspecified atom stereocenters. The van der Waals surface area contributed by atoms with Crippen LogP contribution >= 0.6 is 0 Å². The van der Waals surface area contributed by atoms with Crippen LogP contribution in [0.15, 0.2) is 49.1 Å². The predicted octanol–water partition coefficient (Wildman–Crippen LogP) is 4.41. The predicted molar refractivity (Wildman–Crippen MR) is 119 cm³/mol. The molecule has 0 amide bonds. The highest BCUT2D eigenvalue weighted by Crippen LogP contribution is 2.32. The molecule has 32 heavy (non-hydrogen) atoms. The zero-order valence-corrected chi connectivity index (χ0v) is 17.9. The van der Waals surface area contributed by atoms with Crippen molar-refractivity contribution in [1.82, 2.24) is 29.3 Å². The molecular weight excluding hydrogens is 407 g/mol. The van der Waals surface area contributed by atoms with Crippen molar-refractivity contribution in [2.24, 2.45) is 0 Å². The third kappa shape index (κ3) is 3.91. The van der Waals surface area contributed by atoms with Crippen LogP contribution in [0.3, 0.4) is 0 Å². The molecule has 0 fully saturated rings. The van der Waals surface area contributed by atoms with Gasteiger partial charge in [0.1, 0.15) is 18.0 Å². The van der Waals surface area contributed by atoms with Gasteiger partial charge in [0.05, 0.1) is 12.8 Å². The molecule has 7 nitrogen and oxygen atoms in total. The summed E-state index contributed by atoms with van der Waals surface area (Å²) in [5.74, 6) is 2.79. The van der Waals surface area contributed by atoms with Crippen molar-refractivity contribution < 1.29 is 9.13 Å². The van der Waals surface area contributed by atoms with Crippen LogP contribution in [0, 0.1) is 12.7 Å². The van der Waals surface area contributed by atoms with Crippen molar-refractivity contribution in [1.29, 1.82) is 0 Å². The molecular formula is C24H23FN6O. The molecule has 0 bridgehead atoms. The minimum atomic E-state index is -0.229. The molecule has 0 spiro atoms. The number of hydrogen-bond acceptors (Lipinski definition) is 5. The van der Waals surface area contributed by atoms with Crippen molar-refractivity contribution >= 4 is 12.2 Å². The monoisotopic (exact) mass is 430 g/mol. The average Bonchev–Trinajstić information content (AvgIpc) is 3.43. The molecule has 3 aromatic heterocycles. The molecule has 8 heteroatoms. The second-order valence-electron chi connectivity index (χ2n) is 7.85. The fraction of sp³-hybridized carbons (Fsp3) is 0.250. The summed E-state index contributed by atoms with van der Waals surface area (Å²) in [5, 5.41) is 4.65. The first-order valence-electron chi connectivity index (χ1n) is 10.5. The Kier molecular flexibility index (Phi) is 5.26. The quantitative estimate of drug-likeness (QED) is 0.469. The maximum atomic E-state index is 13.3. The molecule has 4 aromatic rings. The van der Waals surface area contributed by atoms with Crippen molar-refractivity contribution in [3.63, 3.8) is 0 Å². The van der Waals surface area contributed by atoms with E-state index < -0.39 is 0 Å². The SMILES string of the molecule is COc1cc(C=Cc2nc3n(n2)CCC[C@@H]3c2ccc(F)cc2)cnc1-n1cnc(C)c1. The van der Waals surface area contributed by atoms with Crippen LogP contribution in [-0.4, -0.2) is 36.4 Å². The standard InChI is InChI=1S/C24H23FN6O/c1-16-14-30(15-27-16)24-21(32-2)12-17(13-26-24)5-10-22-28-23-20(4-3-11-31(23)29-22)18-6-8-19(25)9-7-18/h5-10,12-15,20H,3-4,11H2,1-2H3/t20-/m1/s1. The Morgan fingerprint density at radius 2 is 2.00 bits per heavy atom. The second-order valence-corrected chi connectivity index (χ2v) is 7.85. The molecule has 1 aliphatic heterocycles. The number of nitrogens with zero attached hydrogens (tertiary/aromatic N) is 6. The lowest BCUT2D eigenvalue weighted by atomic mass is 9.91. The molecule has 4 heterocycles. The lowest BCUT2D eigenvalue weighted by Crippen LogP contribution is -2.17. The van der Waals surface area contributed by atoms with Gasteiger partial charge in [-0.2, -0.15) is 5.10 Å². The van der Waals surface area contributed by atoms with Gasteiger partial charge in [0.2, 0.25) is 0 Å². The number of rotatable bonds is 5. The number of imidazole rings is 1. The van der Waals surface area contributed by atoms with Gasteiger partial charge in [-0.1, -0.05) is 12.1 Å². The van der Waals surface area contributed by atoms with Crippen LogP contribution in [0.25, 0.3) is 18.0 Å². The van der Waals surface area contributed by atoms with Crippen LogP contribution in [0.2, 0.25) is 0 Å². The number of pyridine rings is 1. The minimum absolute atomic E-state index is 0.124. The van der Waals surface area contributed by atoms with Gasteiger partial charge in [-0.15, -0.1) is 0 Å². The van der Waals surface area contributed by atoms with E-state index in [4.69, 9.17) is 9.72 Å². The van der Waals surface area contributed by atoms with Gasteiger partial charge < -0.3 is 4.74 Å². The Balaban J connectivity index is 1.40.